The van der Waals surface area contributed by atoms with Crippen LogP contribution in [0.1, 0.15) is 18.4 Å². The van der Waals surface area contributed by atoms with Crippen molar-refractivity contribution >= 4 is 34.1 Å². The summed E-state index contributed by atoms with van der Waals surface area (Å²) in [6, 6.07) is 13.6. The second kappa shape index (κ2) is 9.14. The van der Waals surface area contributed by atoms with Gasteiger partial charge in [-0.2, -0.15) is 0 Å². The van der Waals surface area contributed by atoms with Crippen LogP contribution in [0.4, 0.5) is 5.13 Å². The fourth-order valence-corrected chi connectivity index (χ4v) is 4.39. The van der Waals surface area contributed by atoms with Gasteiger partial charge in [0.15, 0.2) is 11.0 Å². The summed E-state index contributed by atoms with van der Waals surface area (Å²) in [5.74, 6) is 0.538. The van der Waals surface area contributed by atoms with Gasteiger partial charge in [-0.3, -0.25) is 19.7 Å². The highest BCUT2D eigenvalue weighted by Crippen LogP contribution is 2.31. The number of pyridine rings is 1. The molecule has 0 aliphatic carbocycles. The van der Waals surface area contributed by atoms with Crippen LogP contribution in [0.2, 0.25) is 0 Å². The molecule has 0 saturated carbocycles. The zero-order valence-corrected chi connectivity index (χ0v) is 18.0. The number of thioether (sulfide) groups is 1. The molecule has 30 heavy (non-hydrogen) atoms. The summed E-state index contributed by atoms with van der Waals surface area (Å²) >= 11 is 2.72. The van der Waals surface area contributed by atoms with E-state index in [2.05, 4.69) is 30.7 Å². The van der Waals surface area contributed by atoms with E-state index >= 15 is 0 Å². The average molecular weight is 438 g/mol. The van der Waals surface area contributed by atoms with Crippen molar-refractivity contribution in [3.05, 3.63) is 59.9 Å². The molecule has 0 unspecified atom stereocenters. The number of aryl methyl sites for hydroxylation is 1. The van der Waals surface area contributed by atoms with Crippen molar-refractivity contribution in [2.24, 2.45) is 0 Å². The molecule has 1 amide bonds. The minimum Gasteiger partial charge on any atom is -0.300 e. The normalized spacial score (nSPS) is 11.9. The maximum atomic E-state index is 12.8. The molecule has 0 fully saturated rings. The van der Waals surface area contributed by atoms with Crippen molar-refractivity contribution in [3.63, 3.8) is 0 Å². The Hall–Kier alpha value is -3.11. The summed E-state index contributed by atoms with van der Waals surface area (Å²) in [7, 11) is 0. The number of carbonyl (C=O) groups is 1. The Kier molecular flexibility index (Phi) is 6.15. The average Bonchev–Trinajstić information content (AvgIpc) is 3.39. The molecule has 1 N–H and O–H groups in total. The largest absolute Gasteiger partial charge is 0.300 e. The van der Waals surface area contributed by atoms with E-state index in [1.165, 1.54) is 23.1 Å². The Bertz CT molecular complexity index is 1130. The van der Waals surface area contributed by atoms with Gasteiger partial charge in [0, 0.05) is 23.6 Å². The van der Waals surface area contributed by atoms with Gasteiger partial charge in [-0.25, -0.2) is 0 Å². The highest BCUT2D eigenvalue weighted by Gasteiger charge is 2.24. The van der Waals surface area contributed by atoms with Gasteiger partial charge in [-0.15, -0.1) is 20.4 Å². The van der Waals surface area contributed by atoms with Crippen molar-refractivity contribution in [1.82, 2.24) is 29.9 Å². The van der Waals surface area contributed by atoms with E-state index < -0.39 is 0 Å². The summed E-state index contributed by atoms with van der Waals surface area (Å²) in [5, 5.41) is 21.1. The molecule has 0 radical (unpaired) electrons. The highest BCUT2D eigenvalue weighted by atomic mass is 32.2. The maximum Gasteiger partial charge on any atom is 0.239 e. The van der Waals surface area contributed by atoms with E-state index in [4.69, 9.17) is 0 Å². The van der Waals surface area contributed by atoms with Crippen LogP contribution in [-0.2, 0) is 4.79 Å². The Labute approximate surface area is 181 Å². The van der Waals surface area contributed by atoms with E-state index in [0.29, 0.717) is 22.5 Å². The monoisotopic (exact) mass is 437 g/mol. The van der Waals surface area contributed by atoms with Crippen LogP contribution < -0.4 is 5.32 Å². The summed E-state index contributed by atoms with van der Waals surface area (Å²) < 4.78 is 1.95. The first kappa shape index (κ1) is 20.2. The molecule has 3 aromatic heterocycles. The molecule has 0 saturated heterocycles. The summed E-state index contributed by atoms with van der Waals surface area (Å²) in [5.41, 5.74) is 1.77. The zero-order chi connectivity index (χ0) is 20.9. The molecule has 8 nitrogen and oxygen atoms in total. The predicted molar refractivity (Wildman–Crippen MR) is 118 cm³/mol. The van der Waals surface area contributed by atoms with Crippen molar-refractivity contribution in [2.45, 2.75) is 30.7 Å². The molecule has 0 aliphatic rings. The molecule has 3 heterocycles. The minimum atomic E-state index is -0.359. The highest BCUT2D eigenvalue weighted by molar-refractivity contribution is 8.00. The van der Waals surface area contributed by atoms with Gasteiger partial charge in [0.05, 0.1) is 5.25 Å². The second-order valence-electron chi connectivity index (χ2n) is 6.35. The number of nitrogens with zero attached hydrogens (tertiary/aromatic N) is 6. The molecule has 1 aromatic carbocycles. The second-order valence-corrected chi connectivity index (χ2v) is 8.70. The minimum absolute atomic E-state index is 0.135. The third-order valence-corrected chi connectivity index (χ3v) is 6.30. The third-order valence-electron chi connectivity index (χ3n) is 4.23. The van der Waals surface area contributed by atoms with E-state index in [1.54, 1.807) is 12.4 Å². The van der Waals surface area contributed by atoms with Crippen LogP contribution >= 0.6 is 23.1 Å². The summed E-state index contributed by atoms with van der Waals surface area (Å²) in [6.07, 6.45) is 4.09. The van der Waals surface area contributed by atoms with Crippen molar-refractivity contribution in [2.75, 3.05) is 5.32 Å². The Balaban J connectivity index is 1.66. The summed E-state index contributed by atoms with van der Waals surface area (Å²) in [6.45, 7) is 3.82. The number of para-hydroxylation sites is 1. The lowest BCUT2D eigenvalue weighted by molar-refractivity contribution is -0.115. The molecule has 0 bridgehead atoms. The number of rotatable bonds is 7. The quantitative estimate of drug-likeness (QED) is 0.436. The van der Waals surface area contributed by atoms with Crippen LogP contribution in [0.3, 0.4) is 0 Å². The van der Waals surface area contributed by atoms with Crippen LogP contribution in [0, 0.1) is 6.92 Å². The number of aromatic nitrogens is 6. The lowest BCUT2D eigenvalue weighted by atomic mass is 10.2. The fourth-order valence-electron chi connectivity index (χ4n) is 2.82. The SMILES string of the molecule is CC[C@H](Sc1nnc(-c2cccnc2)n1-c1ccccc1)C(=O)Nc1nnc(C)s1. The molecule has 152 valence electrons. The zero-order valence-electron chi connectivity index (χ0n) is 16.4. The van der Waals surface area contributed by atoms with E-state index in [-0.39, 0.29) is 11.2 Å². The van der Waals surface area contributed by atoms with Gasteiger partial charge < -0.3 is 0 Å². The van der Waals surface area contributed by atoms with Gasteiger partial charge >= 0.3 is 0 Å². The smallest absolute Gasteiger partial charge is 0.239 e. The van der Waals surface area contributed by atoms with Gasteiger partial charge in [-0.1, -0.05) is 48.2 Å². The van der Waals surface area contributed by atoms with Crippen molar-refractivity contribution in [1.29, 1.82) is 0 Å². The van der Waals surface area contributed by atoms with Crippen molar-refractivity contribution < 1.29 is 4.79 Å². The number of hydrogen-bond donors (Lipinski definition) is 1. The van der Waals surface area contributed by atoms with Gasteiger partial charge in [0.2, 0.25) is 11.0 Å². The topological polar surface area (TPSA) is 98.5 Å². The van der Waals surface area contributed by atoms with Crippen LogP contribution in [0.5, 0.6) is 0 Å². The third kappa shape index (κ3) is 4.39. The van der Waals surface area contributed by atoms with Gasteiger partial charge in [0.1, 0.15) is 5.01 Å². The number of amides is 1. The Morgan fingerprint density at radius 3 is 2.63 bits per heavy atom. The van der Waals surface area contributed by atoms with Crippen LogP contribution in [0.15, 0.2) is 60.0 Å². The lowest BCUT2D eigenvalue weighted by Crippen LogP contribution is -2.25. The molecule has 0 aliphatic heterocycles. The van der Waals surface area contributed by atoms with Gasteiger partial charge in [-0.05, 0) is 37.6 Å². The first-order valence-corrected chi connectivity index (χ1v) is 11.0. The molecular formula is C20H19N7OS2. The summed E-state index contributed by atoms with van der Waals surface area (Å²) in [4.78, 5) is 17.0. The van der Waals surface area contributed by atoms with Crippen LogP contribution in [-0.4, -0.2) is 41.1 Å². The number of hydrogen-bond acceptors (Lipinski definition) is 8. The maximum absolute atomic E-state index is 12.8. The number of carbonyl (C=O) groups excluding carboxylic acids is 1. The predicted octanol–water partition coefficient (Wildman–Crippen LogP) is 4.00. The van der Waals surface area contributed by atoms with E-state index in [9.17, 15) is 4.79 Å². The number of nitrogens with one attached hydrogen (secondary N) is 1. The number of anilines is 1. The molecule has 4 rings (SSSR count). The van der Waals surface area contributed by atoms with E-state index in [0.717, 1.165) is 16.3 Å². The fraction of sp³-hybridized carbons (Fsp3) is 0.200. The Morgan fingerprint density at radius 2 is 1.97 bits per heavy atom. The van der Waals surface area contributed by atoms with Crippen molar-refractivity contribution in [3.8, 4) is 17.1 Å². The van der Waals surface area contributed by atoms with E-state index in [1.807, 2.05) is 60.9 Å². The molecule has 0 spiro atoms. The molecule has 1 atom stereocenters. The first-order valence-electron chi connectivity index (χ1n) is 9.34. The number of benzene rings is 1. The Morgan fingerprint density at radius 1 is 1.13 bits per heavy atom. The van der Waals surface area contributed by atoms with Gasteiger partial charge in [0.25, 0.3) is 0 Å². The first-order chi connectivity index (χ1) is 14.7. The standard InChI is InChI=1S/C20H19N7OS2/c1-3-16(18(28)22-19-25-23-13(2)29-19)30-20-26-24-17(14-8-7-11-21-12-14)27(20)15-9-5-4-6-10-15/h4-12,16H,3H2,1-2H3,(H,22,25,28)/t16-/m0/s1. The van der Waals surface area contributed by atoms with Crippen LogP contribution in [0.25, 0.3) is 17.1 Å². The lowest BCUT2D eigenvalue weighted by Gasteiger charge is -2.15. The molecule has 10 heteroatoms. The molecular weight excluding hydrogens is 418 g/mol. The molecule has 4 aromatic rings.